The highest BCUT2D eigenvalue weighted by Crippen LogP contribution is 2.30. The molecule has 9 heteroatoms. The van der Waals surface area contributed by atoms with Crippen molar-refractivity contribution in [2.45, 2.75) is 44.7 Å². The van der Waals surface area contributed by atoms with Gasteiger partial charge in [-0.25, -0.2) is 0 Å². The minimum Gasteiger partial charge on any atom is -0.490 e. The van der Waals surface area contributed by atoms with Crippen LogP contribution >= 0.6 is 0 Å². The van der Waals surface area contributed by atoms with E-state index >= 15 is 0 Å². The number of hydrogen-bond acceptors (Lipinski definition) is 7. The van der Waals surface area contributed by atoms with Crippen molar-refractivity contribution in [3.63, 3.8) is 0 Å². The van der Waals surface area contributed by atoms with Crippen LogP contribution < -0.4 is 4.74 Å². The summed E-state index contributed by atoms with van der Waals surface area (Å²) >= 11 is 0. The monoisotopic (exact) mass is 436 g/mol. The maximum Gasteiger partial charge on any atom is 0.311 e. The number of aromatic nitrogens is 2. The lowest BCUT2D eigenvalue weighted by molar-refractivity contribution is -0.385. The second-order valence-corrected chi connectivity index (χ2v) is 7.75. The normalized spacial score (nSPS) is 14.2. The Balaban J connectivity index is 1.63. The van der Waals surface area contributed by atoms with E-state index < -0.39 is 4.92 Å². The number of nitro groups is 1. The fourth-order valence-electron chi connectivity index (χ4n) is 4.06. The Kier molecular flexibility index (Phi) is 6.44. The van der Waals surface area contributed by atoms with E-state index in [0.29, 0.717) is 11.7 Å². The molecule has 9 nitrogen and oxygen atoms in total. The largest absolute Gasteiger partial charge is 0.490 e. The lowest BCUT2D eigenvalue weighted by atomic mass is 9.93. The van der Waals surface area contributed by atoms with Crippen LogP contribution in [-0.4, -0.2) is 39.0 Å². The topological polar surface area (TPSA) is 112 Å². The quantitative estimate of drug-likeness (QED) is 0.392. The number of hydrogen-bond donors (Lipinski definition) is 0. The van der Waals surface area contributed by atoms with Crippen LogP contribution in [0.25, 0.3) is 11.4 Å². The Morgan fingerprint density at radius 2 is 1.94 bits per heavy atom. The molecule has 1 saturated carbocycles. The zero-order valence-corrected chi connectivity index (χ0v) is 17.8. The predicted octanol–water partition coefficient (Wildman–Crippen LogP) is 4.63. The molecule has 0 saturated heterocycles. The van der Waals surface area contributed by atoms with Crippen LogP contribution in [0.5, 0.6) is 5.75 Å². The van der Waals surface area contributed by atoms with E-state index in [1.165, 1.54) is 19.2 Å². The van der Waals surface area contributed by atoms with E-state index in [0.717, 1.165) is 37.7 Å². The fourth-order valence-corrected chi connectivity index (χ4v) is 4.06. The number of nitrogens with zero attached hydrogens (tertiary/aromatic N) is 4. The van der Waals surface area contributed by atoms with E-state index in [2.05, 4.69) is 10.1 Å². The predicted molar refractivity (Wildman–Crippen MR) is 116 cm³/mol. The number of benzene rings is 2. The van der Waals surface area contributed by atoms with Gasteiger partial charge in [0, 0.05) is 23.2 Å². The molecule has 3 aromatic rings. The molecule has 0 bridgehead atoms. The third-order valence-electron chi connectivity index (χ3n) is 5.70. The van der Waals surface area contributed by atoms with Crippen molar-refractivity contribution in [2.75, 3.05) is 7.11 Å². The van der Waals surface area contributed by atoms with Crippen LogP contribution in [0.4, 0.5) is 5.69 Å². The van der Waals surface area contributed by atoms with Gasteiger partial charge in [-0.2, -0.15) is 4.98 Å². The molecule has 1 amide bonds. The fraction of sp³-hybridized carbons (Fsp3) is 0.348. The van der Waals surface area contributed by atoms with Crippen molar-refractivity contribution in [1.82, 2.24) is 15.0 Å². The second kappa shape index (κ2) is 9.59. The average Bonchev–Trinajstić information content (AvgIpc) is 3.31. The van der Waals surface area contributed by atoms with Crippen molar-refractivity contribution < 1.29 is 19.0 Å². The highest BCUT2D eigenvalue weighted by atomic mass is 16.6. The van der Waals surface area contributed by atoms with Gasteiger partial charge in [0.25, 0.3) is 5.91 Å². The third-order valence-corrected chi connectivity index (χ3v) is 5.70. The summed E-state index contributed by atoms with van der Waals surface area (Å²) in [6.45, 7) is 0.142. The summed E-state index contributed by atoms with van der Waals surface area (Å²) in [7, 11) is 1.36. The average molecular weight is 436 g/mol. The molecule has 0 N–H and O–H groups in total. The number of methoxy groups -OCH3 is 1. The van der Waals surface area contributed by atoms with Gasteiger partial charge in [0.1, 0.15) is 6.54 Å². The molecular formula is C23H24N4O5. The lowest BCUT2D eigenvalue weighted by Gasteiger charge is -2.33. The minimum absolute atomic E-state index is 0.00415. The summed E-state index contributed by atoms with van der Waals surface area (Å²) in [5, 5.41) is 15.5. The SMILES string of the molecule is COc1ccc(C(=O)N(Cc2nc(-c3ccccc3)no2)C2CCCCC2)cc1[N+](=O)[O-]. The molecule has 0 unspecified atom stereocenters. The Morgan fingerprint density at radius 3 is 2.62 bits per heavy atom. The van der Waals surface area contributed by atoms with Gasteiger partial charge in [0.2, 0.25) is 11.7 Å². The van der Waals surface area contributed by atoms with Crippen LogP contribution in [-0.2, 0) is 6.54 Å². The first kappa shape index (κ1) is 21.5. The van der Waals surface area contributed by atoms with Crippen molar-refractivity contribution in [3.8, 4) is 17.1 Å². The standard InChI is InChI=1S/C23H24N4O5/c1-31-20-13-12-17(14-19(20)27(29)30)23(28)26(18-10-6-3-7-11-18)15-21-24-22(25-32-21)16-8-4-2-5-9-16/h2,4-5,8-9,12-14,18H,3,6-7,10-11,15H2,1H3. The Hall–Kier alpha value is -3.75. The van der Waals surface area contributed by atoms with Crippen LogP contribution in [0.15, 0.2) is 53.1 Å². The number of carbonyl (C=O) groups excluding carboxylic acids is 1. The van der Waals surface area contributed by atoms with E-state index in [4.69, 9.17) is 9.26 Å². The molecule has 0 aliphatic heterocycles. The summed E-state index contributed by atoms with van der Waals surface area (Å²) in [5.74, 6) is 0.588. The summed E-state index contributed by atoms with van der Waals surface area (Å²) in [5.41, 5.74) is 0.806. The highest BCUT2D eigenvalue weighted by Gasteiger charge is 2.30. The number of nitro benzene ring substituents is 1. The molecule has 1 heterocycles. The second-order valence-electron chi connectivity index (χ2n) is 7.75. The smallest absolute Gasteiger partial charge is 0.311 e. The van der Waals surface area contributed by atoms with Crippen molar-refractivity contribution in [1.29, 1.82) is 0 Å². The highest BCUT2D eigenvalue weighted by molar-refractivity contribution is 5.95. The van der Waals surface area contributed by atoms with Crippen LogP contribution in [0.1, 0.15) is 48.4 Å². The zero-order valence-electron chi connectivity index (χ0n) is 17.8. The summed E-state index contributed by atoms with van der Waals surface area (Å²) in [4.78, 5) is 30.5. The molecule has 0 radical (unpaired) electrons. The van der Waals surface area contributed by atoms with Crippen molar-refractivity contribution in [2.24, 2.45) is 0 Å². The summed E-state index contributed by atoms with van der Waals surface area (Å²) < 4.78 is 10.5. The Bertz CT molecular complexity index is 1090. The first-order valence-electron chi connectivity index (χ1n) is 10.6. The number of ether oxygens (including phenoxy) is 1. The lowest BCUT2D eigenvalue weighted by Crippen LogP contribution is -2.41. The first-order chi connectivity index (χ1) is 15.6. The van der Waals surface area contributed by atoms with Crippen LogP contribution in [0.2, 0.25) is 0 Å². The van der Waals surface area contributed by atoms with Crippen LogP contribution in [0.3, 0.4) is 0 Å². The molecular weight excluding hydrogens is 412 g/mol. The molecule has 1 fully saturated rings. The van der Waals surface area contributed by atoms with Gasteiger partial charge in [-0.3, -0.25) is 14.9 Å². The van der Waals surface area contributed by atoms with Gasteiger partial charge in [0.05, 0.1) is 12.0 Å². The molecule has 2 aromatic carbocycles. The van der Waals surface area contributed by atoms with Crippen molar-refractivity contribution in [3.05, 3.63) is 70.1 Å². The first-order valence-corrected chi connectivity index (χ1v) is 10.6. The van der Waals surface area contributed by atoms with Crippen LogP contribution in [0, 0.1) is 10.1 Å². The molecule has 32 heavy (non-hydrogen) atoms. The third kappa shape index (κ3) is 4.61. The number of carbonyl (C=O) groups is 1. The molecule has 4 rings (SSSR count). The van der Waals surface area contributed by atoms with E-state index in [1.54, 1.807) is 11.0 Å². The Morgan fingerprint density at radius 1 is 1.19 bits per heavy atom. The molecule has 0 atom stereocenters. The molecule has 1 aromatic heterocycles. The Labute approximate surface area is 185 Å². The van der Waals surface area contributed by atoms with Gasteiger partial charge >= 0.3 is 5.69 Å². The van der Waals surface area contributed by atoms with E-state index in [1.807, 2.05) is 30.3 Å². The maximum absolute atomic E-state index is 13.5. The number of rotatable bonds is 7. The van der Waals surface area contributed by atoms with Crippen molar-refractivity contribution >= 4 is 11.6 Å². The zero-order chi connectivity index (χ0) is 22.5. The minimum atomic E-state index is -0.551. The van der Waals surface area contributed by atoms with Gasteiger partial charge < -0.3 is 14.2 Å². The van der Waals surface area contributed by atoms with E-state index in [9.17, 15) is 14.9 Å². The summed E-state index contributed by atoms with van der Waals surface area (Å²) in [6.07, 6.45) is 4.91. The summed E-state index contributed by atoms with van der Waals surface area (Å²) in [6, 6.07) is 13.7. The molecule has 1 aliphatic rings. The van der Waals surface area contributed by atoms with Gasteiger partial charge in [0.15, 0.2) is 5.75 Å². The molecule has 1 aliphatic carbocycles. The van der Waals surface area contributed by atoms with Gasteiger partial charge in [-0.1, -0.05) is 54.8 Å². The maximum atomic E-state index is 13.5. The van der Waals surface area contributed by atoms with Gasteiger partial charge in [-0.15, -0.1) is 0 Å². The number of amides is 1. The molecule has 0 spiro atoms. The van der Waals surface area contributed by atoms with E-state index in [-0.39, 0.29) is 35.5 Å². The van der Waals surface area contributed by atoms with Gasteiger partial charge in [-0.05, 0) is 25.0 Å². The molecule has 166 valence electrons.